The van der Waals surface area contributed by atoms with Gasteiger partial charge in [0.2, 0.25) is 0 Å². The predicted molar refractivity (Wildman–Crippen MR) is 74.0 cm³/mol. The summed E-state index contributed by atoms with van der Waals surface area (Å²) in [6.07, 6.45) is 1.27. The molecule has 0 radical (unpaired) electrons. The number of pyridine rings is 1. The van der Waals surface area contributed by atoms with Gasteiger partial charge in [0.25, 0.3) is 0 Å². The van der Waals surface area contributed by atoms with Gasteiger partial charge in [-0.15, -0.1) is 0 Å². The predicted octanol–water partition coefficient (Wildman–Crippen LogP) is -0.206. The second kappa shape index (κ2) is 6.06. The first-order valence-electron chi connectivity index (χ1n) is 5.83. The Kier molecular flexibility index (Phi) is 4.20. The average molecular weight is 269 g/mol. The van der Waals surface area contributed by atoms with Gasteiger partial charge in [0.05, 0.1) is 11.6 Å². The maximum absolute atomic E-state index is 9.08. The van der Waals surface area contributed by atoms with Gasteiger partial charge in [-0.2, -0.15) is 5.26 Å². The third kappa shape index (κ3) is 3.26. The molecule has 1 aromatic heterocycles. The van der Waals surface area contributed by atoms with Crippen LogP contribution in [0, 0.1) is 11.3 Å². The van der Waals surface area contributed by atoms with Crippen LogP contribution in [-0.2, 0) is 6.61 Å². The first kappa shape index (κ1) is 13.9. The zero-order valence-electron chi connectivity index (χ0n) is 10.5. The molecule has 0 atom stereocenters. The monoisotopic (exact) mass is 269 g/mol. The molecular weight excluding hydrogens is 257 g/mol. The van der Waals surface area contributed by atoms with Crippen LogP contribution in [-0.4, -0.2) is 22.2 Å². The molecular formula is C13H12BN3O3. The van der Waals surface area contributed by atoms with Crippen LogP contribution < -0.4 is 15.9 Å². The van der Waals surface area contributed by atoms with Crippen LogP contribution in [0.1, 0.15) is 11.1 Å². The Bertz CT molecular complexity index is 656. The van der Waals surface area contributed by atoms with E-state index in [0.29, 0.717) is 5.56 Å². The quantitative estimate of drug-likeness (QED) is 0.662. The summed E-state index contributed by atoms with van der Waals surface area (Å²) in [5.41, 5.74) is 7.20. The van der Waals surface area contributed by atoms with Crippen LogP contribution >= 0.6 is 0 Å². The van der Waals surface area contributed by atoms with E-state index in [1.54, 1.807) is 18.2 Å². The number of benzene rings is 1. The maximum Gasteiger partial charge on any atom is 0.490 e. The van der Waals surface area contributed by atoms with Crippen molar-refractivity contribution in [2.24, 2.45) is 0 Å². The molecule has 0 aliphatic carbocycles. The Labute approximate surface area is 116 Å². The van der Waals surface area contributed by atoms with Gasteiger partial charge < -0.3 is 20.5 Å². The average Bonchev–Trinajstić information content (AvgIpc) is 2.46. The number of hydrogen-bond donors (Lipinski definition) is 3. The molecule has 0 saturated heterocycles. The summed E-state index contributed by atoms with van der Waals surface area (Å²) in [4.78, 5) is 3.83. The minimum atomic E-state index is -1.63. The first-order chi connectivity index (χ1) is 9.60. The molecule has 1 aromatic carbocycles. The molecule has 20 heavy (non-hydrogen) atoms. The molecule has 0 aliphatic heterocycles. The zero-order chi connectivity index (χ0) is 14.5. The van der Waals surface area contributed by atoms with E-state index in [4.69, 9.17) is 25.8 Å². The van der Waals surface area contributed by atoms with E-state index in [2.05, 4.69) is 4.98 Å². The van der Waals surface area contributed by atoms with E-state index in [1.807, 2.05) is 12.1 Å². The van der Waals surface area contributed by atoms with E-state index in [9.17, 15) is 0 Å². The number of aromatic nitrogens is 1. The van der Waals surface area contributed by atoms with Crippen LogP contribution in [0.4, 0.5) is 5.82 Å². The normalized spacial score (nSPS) is 9.85. The Morgan fingerprint density at radius 2 is 2.15 bits per heavy atom. The molecule has 100 valence electrons. The smallest absolute Gasteiger partial charge is 0.485 e. The van der Waals surface area contributed by atoms with Gasteiger partial charge in [0, 0.05) is 11.7 Å². The number of hydrogen-bond acceptors (Lipinski definition) is 6. The summed E-state index contributed by atoms with van der Waals surface area (Å²) in [6.45, 7) is 0.201. The van der Waals surface area contributed by atoms with Crippen molar-refractivity contribution in [2.75, 3.05) is 5.73 Å². The minimum Gasteiger partial charge on any atom is -0.485 e. The van der Waals surface area contributed by atoms with Crippen LogP contribution in [0.25, 0.3) is 0 Å². The summed E-state index contributed by atoms with van der Waals surface area (Å²) in [6, 6.07) is 10.4. The molecule has 7 heteroatoms. The van der Waals surface area contributed by atoms with E-state index in [-0.39, 0.29) is 23.6 Å². The summed E-state index contributed by atoms with van der Waals surface area (Å²) in [7, 11) is -1.63. The highest BCUT2D eigenvalue weighted by atomic mass is 16.5. The summed E-state index contributed by atoms with van der Waals surface area (Å²) in [5, 5.41) is 27.0. The number of nitrogens with two attached hydrogens (primary N) is 1. The summed E-state index contributed by atoms with van der Waals surface area (Å²) >= 11 is 0. The van der Waals surface area contributed by atoms with Crippen molar-refractivity contribution < 1.29 is 14.8 Å². The third-order valence-electron chi connectivity index (χ3n) is 2.65. The SMILES string of the molecule is N#Cc1cccc(COc2cc(B(O)O)cnc2N)c1. The molecule has 0 saturated carbocycles. The lowest BCUT2D eigenvalue weighted by atomic mass is 9.81. The van der Waals surface area contributed by atoms with Crippen molar-refractivity contribution in [3.05, 3.63) is 47.7 Å². The van der Waals surface area contributed by atoms with Gasteiger partial charge in [-0.25, -0.2) is 4.98 Å². The van der Waals surface area contributed by atoms with E-state index in [1.165, 1.54) is 12.3 Å². The minimum absolute atomic E-state index is 0.158. The largest absolute Gasteiger partial charge is 0.490 e. The number of anilines is 1. The Balaban J connectivity index is 2.14. The molecule has 0 amide bonds. The number of nitrogens with zero attached hydrogens (tertiary/aromatic N) is 2. The van der Waals surface area contributed by atoms with E-state index < -0.39 is 7.12 Å². The van der Waals surface area contributed by atoms with Crippen molar-refractivity contribution in [1.82, 2.24) is 4.98 Å². The van der Waals surface area contributed by atoms with Crippen LogP contribution in [0.5, 0.6) is 5.75 Å². The third-order valence-corrected chi connectivity index (χ3v) is 2.65. The lowest BCUT2D eigenvalue weighted by molar-refractivity contribution is 0.307. The fourth-order valence-corrected chi connectivity index (χ4v) is 1.62. The van der Waals surface area contributed by atoms with Crippen LogP contribution in [0.3, 0.4) is 0 Å². The topological polar surface area (TPSA) is 112 Å². The molecule has 0 unspecified atom stereocenters. The highest BCUT2D eigenvalue weighted by molar-refractivity contribution is 6.58. The number of nitrogen functional groups attached to an aromatic ring is 1. The molecule has 0 fully saturated rings. The molecule has 1 heterocycles. The number of ether oxygens (including phenoxy) is 1. The van der Waals surface area contributed by atoms with Gasteiger partial charge in [-0.3, -0.25) is 0 Å². The second-order valence-electron chi connectivity index (χ2n) is 4.13. The Morgan fingerprint density at radius 1 is 1.35 bits per heavy atom. The van der Waals surface area contributed by atoms with Crippen molar-refractivity contribution in [3.8, 4) is 11.8 Å². The Morgan fingerprint density at radius 3 is 2.85 bits per heavy atom. The standard InChI is InChI=1S/C13H12BN3O3/c15-6-9-2-1-3-10(4-9)8-20-12-5-11(14(18)19)7-17-13(12)16/h1-5,7,18-19H,8H2,(H2,16,17). The first-order valence-corrected chi connectivity index (χ1v) is 5.83. The summed E-state index contributed by atoms with van der Waals surface area (Å²) in [5.74, 6) is 0.420. The van der Waals surface area contributed by atoms with Gasteiger partial charge in [-0.05, 0) is 23.8 Å². The van der Waals surface area contributed by atoms with Gasteiger partial charge in [-0.1, -0.05) is 12.1 Å². The van der Waals surface area contributed by atoms with Crippen molar-refractivity contribution >= 4 is 18.4 Å². The van der Waals surface area contributed by atoms with Crippen molar-refractivity contribution in [3.63, 3.8) is 0 Å². The molecule has 0 bridgehead atoms. The highest BCUT2D eigenvalue weighted by Crippen LogP contribution is 2.18. The van der Waals surface area contributed by atoms with Gasteiger partial charge >= 0.3 is 7.12 Å². The van der Waals surface area contributed by atoms with Crippen molar-refractivity contribution in [2.45, 2.75) is 6.61 Å². The Hall–Kier alpha value is -2.56. The molecule has 0 aliphatic rings. The molecule has 4 N–H and O–H groups in total. The maximum atomic E-state index is 9.08. The summed E-state index contributed by atoms with van der Waals surface area (Å²) < 4.78 is 5.49. The second-order valence-corrected chi connectivity index (χ2v) is 4.13. The molecule has 2 aromatic rings. The number of rotatable bonds is 4. The highest BCUT2D eigenvalue weighted by Gasteiger charge is 2.14. The molecule has 6 nitrogen and oxygen atoms in total. The van der Waals surface area contributed by atoms with Crippen molar-refractivity contribution in [1.29, 1.82) is 5.26 Å². The van der Waals surface area contributed by atoms with Crippen LogP contribution in [0.15, 0.2) is 36.5 Å². The molecule has 0 spiro atoms. The molecule has 2 rings (SSSR count). The lowest BCUT2D eigenvalue weighted by Crippen LogP contribution is -2.30. The van der Waals surface area contributed by atoms with E-state index in [0.717, 1.165) is 5.56 Å². The van der Waals surface area contributed by atoms with Gasteiger partial charge in [0.1, 0.15) is 6.61 Å². The fourth-order valence-electron chi connectivity index (χ4n) is 1.62. The van der Waals surface area contributed by atoms with E-state index >= 15 is 0 Å². The van der Waals surface area contributed by atoms with Gasteiger partial charge in [0.15, 0.2) is 11.6 Å². The lowest BCUT2D eigenvalue weighted by Gasteiger charge is -2.10. The number of nitriles is 1. The van der Waals surface area contributed by atoms with Crippen LogP contribution in [0.2, 0.25) is 0 Å². The fraction of sp³-hybridized carbons (Fsp3) is 0.0769. The zero-order valence-corrected chi connectivity index (χ0v) is 10.5.